The Morgan fingerprint density at radius 1 is 0.949 bits per heavy atom. The zero-order valence-corrected chi connectivity index (χ0v) is 24.0. The van der Waals surface area contributed by atoms with E-state index in [-0.39, 0.29) is 0 Å². The van der Waals surface area contributed by atoms with Crippen molar-refractivity contribution in [3.63, 3.8) is 0 Å². The third-order valence-corrected chi connectivity index (χ3v) is 7.06. The number of hydrogen-bond acceptors (Lipinski definition) is 1. The van der Waals surface area contributed by atoms with Gasteiger partial charge in [0.1, 0.15) is 5.60 Å². The van der Waals surface area contributed by atoms with Crippen molar-refractivity contribution in [1.82, 2.24) is 0 Å². The van der Waals surface area contributed by atoms with Crippen molar-refractivity contribution in [1.29, 1.82) is 0 Å². The zero-order valence-electron chi connectivity index (χ0n) is 24.0. The fraction of sp³-hybridized carbons (Fsp3) is 0.316. The van der Waals surface area contributed by atoms with Gasteiger partial charge in [-0.3, -0.25) is 0 Å². The quantitative estimate of drug-likeness (QED) is 0.245. The van der Waals surface area contributed by atoms with Crippen LogP contribution in [0, 0.1) is 17.8 Å². The molecule has 0 bridgehead atoms. The first-order valence-electron chi connectivity index (χ1n) is 14.5. The van der Waals surface area contributed by atoms with Gasteiger partial charge in [0.05, 0.1) is 0 Å². The van der Waals surface area contributed by atoms with Crippen LogP contribution in [0.15, 0.2) is 109 Å². The molecule has 202 valence electrons. The van der Waals surface area contributed by atoms with E-state index < -0.39 is 5.60 Å². The van der Waals surface area contributed by atoms with Crippen LogP contribution in [0.4, 0.5) is 0 Å². The lowest BCUT2D eigenvalue weighted by atomic mass is 9.92. The van der Waals surface area contributed by atoms with Gasteiger partial charge < -0.3 is 5.11 Å². The Labute approximate surface area is 237 Å². The second-order valence-corrected chi connectivity index (χ2v) is 10.4. The van der Waals surface area contributed by atoms with Gasteiger partial charge in [0.2, 0.25) is 0 Å². The summed E-state index contributed by atoms with van der Waals surface area (Å²) in [5.41, 5.74) is 6.01. The molecule has 2 unspecified atom stereocenters. The van der Waals surface area contributed by atoms with Gasteiger partial charge in [0.15, 0.2) is 0 Å². The molecule has 0 amide bonds. The second-order valence-electron chi connectivity index (χ2n) is 10.4. The predicted octanol–water partition coefficient (Wildman–Crippen LogP) is 9.68. The Morgan fingerprint density at radius 2 is 1.67 bits per heavy atom. The average Bonchev–Trinajstić information content (AvgIpc) is 3.19. The molecule has 0 saturated heterocycles. The highest BCUT2D eigenvalue weighted by Gasteiger charge is 2.16. The average molecular weight is 517 g/mol. The minimum atomic E-state index is -1.09. The molecule has 0 aliphatic heterocycles. The summed E-state index contributed by atoms with van der Waals surface area (Å²) in [6.07, 6.45) is 14.0. The van der Waals surface area contributed by atoms with Crippen LogP contribution in [0.5, 0.6) is 0 Å². The van der Waals surface area contributed by atoms with Gasteiger partial charge in [-0.15, -0.1) is 0 Å². The van der Waals surface area contributed by atoms with Crippen LogP contribution in [0.1, 0.15) is 81.5 Å². The molecular weight excluding hydrogens is 472 g/mol. The maximum Gasteiger partial charge on any atom is 0.126 e. The van der Waals surface area contributed by atoms with Crippen molar-refractivity contribution in [2.45, 2.75) is 71.3 Å². The van der Waals surface area contributed by atoms with E-state index >= 15 is 0 Å². The molecule has 1 aliphatic carbocycles. The summed E-state index contributed by atoms with van der Waals surface area (Å²) in [6, 6.07) is 29.2. The molecule has 2 atom stereocenters. The number of benzene rings is 3. The first-order chi connectivity index (χ1) is 19.0. The minimum absolute atomic E-state index is 0.471. The predicted molar refractivity (Wildman–Crippen MR) is 169 cm³/mol. The summed E-state index contributed by atoms with van der Waals surface area (Å²) in [7, 11) is 0. The summed E-state index contributed by atoms with van der Waals surface area (Å²) in [5, 5.41) is 10.7. The highest BCUT2D eigenvalue weighted by molar-refractivity contribution is 5.73. The highest BCUT2D eigenvalue weighted by atomic mass is 16.3. The van der Waals surface area contributed by atoms with E-state index in [2.05, 4.69) is 67.0 Å². The molecule has 3 aromatic rings. The van der Waals surface area contributed by atoms with Crippen molar-refractivity contribution in [3.05, 3.63) is 131 Å². The zero-order chi connectivity index (χ0) is 27.9. The topological polar surface area (TPSA) is 20.2 Å². The summed E-state index contributed by atoms with van der Waals surface area (Å²) >= 11 is 0. The van der Waals surface area contributed by atoms with Crippen LogP contribution in [0.2, 0.25) is 0 Å². The van der Waals surface area contributed by atoms with Gasteiger partial charge in [-0.05, 0) is 85.8 Å². The maximum absolute atomic E-state index is 10.7. The third kappa shape index (κ3) is 10.6. The van der Waals surface area contributed by atoms with E-state index in [1.807, 2.05) is 68.5 Å². The Morgan fingerprint density at radius 3 is 2.41 bits per heavy atom. The monoisotopic (exact) mass is 516 g/mol. The molecule has 0 aromatic heterocycles. The van der Waals surface area contributed by atoms with Crippen LogP contribution in [0.3, 0.4) is 0 Å². The lowest BCUT2D eigenvalue weighted by Gasteiger charge is -2.13. The van der Waals surface area contributed by atoms with Crippen molar-refractivity contribution in [3.8, 4) is 11.8 Å². The first-order valence-corrected chi connectivity index (χ1v) is 14.5. The normalized spacial score (nSPS) is 17.7. The lowest BCUT2D eigenvalue weighted by Crippen LogP contribution is -2.20. The van der Waals surface area contributed by atoms with E-state index in [0.29, 0.717) is 6.42 Å². The Bertz CT molecular complexity index is 1280. The van der Waals surface area contributed by atoms with Crippen molar-refractivity contribution in [2.24, 2.45) is 5.92 Å². The van der Waals surface area contributed by atoms with E-state index in [9.17, 15) is 5.11 Å². The SMILES string of the molecule is C=C(/C=C1/CCCC(Cc2ccccc2)CC1)c1cccc(C#CC(C)(O)C/C=C/c2ccccc2)c1.CC. The van der Waals surface area contributed by atoms with E-state index in [0.717, 1.165) is 41.0 Å². The van der Waals surface area contributed by atoms with Crippen LogP contribution in [0.25, 0.3) is 11.6 Å². The van der Waals surface area contributed by atoms with E-state index in [1.54, 1.807) is 6.92 Å². The fourth-order valence-electron chi connectivity index (χ4n) is 4.95. The van der Waals surface area contributed by atoms with Crippen molar-refractivity contribution < 1.29 is 5.11 Å². The van der Waals surface area contributed by atoms with Gasteiger partial charge in [0, 0.05) is 12.0 Å². The molecule has 1 nitrogen and oxygen atoms in total. The van der Waals surface area contributed by atoms with Gasteiger partial charge in [-0.2, -0.15) is 0 Å². The highest BCUT2D eigenvalue weighted by Crippen LogP contribution is 2.31. The number of aliphatic hydroxyl groups is 1. The van der Waals surface area contributed by atoms with E-state index in [4.69, 9.17) is 0 Å². The molecule has 1 aliphatic rings. The first kappa shape index (κ1) is 29.9. The summed E-state index contributed by atoms with van der Waals surface area (Å²) in [4.78, 5) is 0. The van der Waals surface area contributed by atoms with Gasteiger partial charge in [-0.1, -0.05) is 129 Å². The molecule has 0 heterocycles. The fourth-order valence-corrected chi connectivity index (χ4v) is 4.95. The van der Waals surface area contributed by atoms with Crippen LogP contribution >= 0.6 is 0 Å². The molecule has 0 spiro atoms. The van der Waals surface area contributed by atoms with Gasteiger partial charge in [-0.25, -0.2) is 0 Å². The van der Waals surface area contributed by atoms with E-state index in [1.165, 1.54) is 36.8 Å². The molecule has 1 heteroatoms. The summed E-state index contributed by atoms with van der Waals surface area (Å²) in [5.74, 6) is 6.99. The Balaban J connectivity index is 0.00000205. The molecule has 1 saturated carbocycles. The minimum Gasteiger partial charge on any atom is -0.378 e. The standard InChI is InChI=1S/C36H38O.C2H6/c1-29(26-32-16-9-17-33(22-21-32)27-31-14-7-4-8-15-31)35-20-10-18-34(28-35)23-25-36(2,37)24-11-19-30-12-5-3-6-13-30;1-2/h3-8,10-15,18-20,26,28,33,37H,1,9,16-17,21-22,24,27H2,2H3;1-2H3/b19-11+,32-26-;. The summed E-state index contributed by atoms with van der Waals surface area (Å²) < 4.78 is 0. The molecule has 1 fully saturated rings. The second kappa shape index (κ2) is 15.7. The van der Waals surface area contributed by atoms with Gasteiger partial charge >= 0.3 is 0 Å². The molecule has 3 aromatic carbocycles. The maximum atomic E-state index is 10.7. The molecule has 39 heavy (non-hydrogen) atoms. The third-order valence-electron chi connectivity index (χ3n) is 7.06. The van der Waals surface area contributed by atoms with Crippen LogP contribution < -0.4 is 0 Å². The Hall–Kier alpha value is -3.60. The molecule has 4 rings (SSSR count). The number of hydrogen-bond donors (Lipinski definition) is 1. The van der Waals surface area contributed by atoms with Crippen molar-refractivity contribution in [2.75, 3.05) is 0 Å². The van der Waals surface area contributed by atoms with Crippen LogP contribution in [-0.4, -0.2) is 10.7 Å². The largest absolute Gasteiger partial charge is 0.378 e. The lowest BCUT2D eigenvalue weighted by molar-refractivity contribution is 0.126. The number of rotatable bonds is 7. The van der Waals surface area contributed by atoms with Crippen LogP contribution in [-0.2, 0) is 6.42 Å². The van der Waals surface area contributed by atoms with Gasteiger partial charge in [0.25, 0.3) is 0 Å². The Kier molecular flexibility index (Phi) is 12.1. The smallest absolute Gasteiger partial charge is 0.126 e. The molecule has 0 radical (unpaired) electrons. The number of allylic oxidation sites excluding steroid dienone is 3. The molecular formula is C38H44O. The molecule has 1 N–H and O–H groups in total. The van der Waals surface area contributed by atoms with Crippen molar-refractivity contribution >= 4 is 11.6 Å². The summed E-state index contributed by atoms with van der Waals surface area (Å²) in [6.45, 7) is 10.1.